The number of aromatic amines is 1. The quantitative estimate of drug-likeness (QED) is 0.299. The number of fused-ring (bicyclic) bond motifs is 2. The fraction of sp³-hybridized carbons (Fsp3) is 0.273. The highest BCUT2D eigenvalue weighted by Crippen LogP contribution is 2.36. The summed E-state index contributed by atoms with van der Waals surface area (Å²) in [4.78, 5) is 13.2. The molecule has 0 bridgehead atoms. The number of aliphatic hydroxyl groups is 1. The maximum Gasteiger partial charge on any atom is 0.199 e. The third-order valence-corrected chi connectivity index (χ3v) is 5.17. The van der Waals surface area contributed by atoms with Crippen molar-refractivity contribution in [3.63, 3.8) is 0 Å². The van der Waals surface area contributed by atoms with Crippen LogP contribution in [0.25, 0.3) is 10.9 Å². The van der Waals surface area contributed by atoms with Crippen LogP contribution >= 0.6 is 15.9 Å². The molecule has 1 aliphatic heterocycles. The van der Waals surface area contributed by atoms with Gasteiger partial charge >= 0.3 is 0 Å². The minimum Gasteiger partial charge on any atom is -0.494 e. The standard InChI is InChI=1S/C22H22BrN3O5/c23-14-5-6-15-18(13-14)25-22(28)19(15)21-20(16-3-1-2-4-17(16)24-21)26-31-12-11-30-10-9-29-8-7-27/h1-6,13,25,27-28H,7-12H2/b26-20+. The van der Waals surface area contributed by atoms with E-state index in [1.54, 1.807) is 0 Å². The molecule has 1 aliphatic rings. The summed E-state index contributed by atoms with van der Waals surface area (Å²) in [7, 11) is 0. The molecule has 3 aromatic rings. The molecule has 0 spiro atoms. The number of nitrogens with one attached hydrogen (secondary N) is 1. The Morgan fingerprint density at radius 1 is 1.00 bits per heavy atom. The van der Waals surface area contributed by atoms with E-state index in [-0.39, 0.29) is 19.1 Å². The molecule has 0 unspecified atom stereocenters. The smallest absolute Gasteiger partial charge is 0.199 e. The normalized spacial score (nSPS) is 14.3. The zero-order chi connectivity index (χ0) is 21.6. The number of ether oxygens (including phenoxy) is 2. The Bertz CT molecular complexity index is 1130. The van der Waals surface area contributed by atoms with Gasteiger partial charge in [0.15, 0.2) is 5.88 Å². The fourth-order valence-corrected chi connectivity index (χ4v) is 3.69. The van der Waals surface area contributed by atoms with Crippen molar-refractivity contribution in [1.29, 1.82) is 0 Å². The van der Waals surface area contributed by atoms with E-state index < -0.39 is 0 Å². The lowest BCUT2D eigenvalue weighted by atomic mass is 10.0. The van der Waals surface area contributed by atoms with Gasteiger partial charge in [0.1, 0.15) is 18.0 Å². The van der Waals surface area contributed by atoms with Crippen molar-refractivity contribution in [3.05, 3.63) is 58.1 Å². The number of halogens is 1. The number of para-hydroxylation sites is 1. The second-order valence-electron chi connectivity index (χ2n) is 6.74. The summed E-state index contributed by atoms with van der Waals surface area (Å²) >= 11 is 3.45. The van der Waals surface area contributed by atoms with E-state index in [1.807, 2.05) is 42.5 Å². The summed E-state index contributed by atoms with van der Waals surface area (Å²) in [5, 5.41) is 24.4. The number of aliphatic hydroxyl groups excluding tert-OH is 1. The van der Waals surface area contributed by atoms with Crippen LogP contribution in [0.1, 0.15) is 11.1 Å². The fourth-order valence-electron chi connectivity index (χ4n) is 3.33. The van der Waals surface area contributed by atoms with E-state index in [0.29, 0.717) is 43.4 Å². The number of hydrogen-bond acceptors (Lipinski definition) is 7. The SMILES string of the molecule is OCCOCCOCCO/N=C1/C(c2c(O)[nH]c3cc(Br)ccc23)=Nc2ccccc21. The highest BCUT2D eigenvalue weighted by Gasteiger charge is 2.29. The molecular weight excluding hydrogens is 466 g/mol. The molecule has 0 aliphatic carbocycles. The van der Waals surface area contributed by atoms with Gasteiger partial charge in [-0.3, -0.25) is 0 Å². The maximum atomic E-state index is 10.6. The Labute approximate surface area is 187 Å². The predicted octanol–water partition coefficient (Wildman–Crippen LogP) is 3.52. The van der Waals surface area contributed by atoms with E-state index >= 15 is 0 Å². The summed E-state index contributed by atoms with van der Waals surface area (Å²) in [6.07, 6.45) is 0. The predicted molar refractivity (Wildman–Crippen MR) is 122 cm³/mol. The molecule has 0 atom stereocenters. The number of aliphatic imine (C=N–C) groups is 1. The Balaban J connectivity index is 1.52. The number of rotatable bonds is 10. The Kier molecular flexibility index (Phi) is 6.98. The van der Waals surface area contributed by atoms with Crippen LogP contribution in [-0.4, -0.2) is 66.3 Å². The molecule has 9 heteroatoms. The van der Waals surface area contributed by atoms with Gasteiger partial charge in [0.2, 0.25) is 0 Å². The molecule has 1 aromatic heterocycles. The van der Waals surface area contributed by atoms with Crippen LogP contribution in [0.5, 0.6) is 5.88 Å². The van der Waals surface area contributed by atoms with Crippen molar-refractivity contribution in [2.24, 2.45) is 10.1 Å². The van der Waals surface area contributed by atoms with Gasteiger partial charge in [-0.1, -0.05) is 45.4 Å². The first kappa shape index (κ1) is 21.5. The van der Waals surface area contributed by atoms with Crippen molar-refractivity contribution in [1.82, 2.24) is 4.98 Å². The number of benzene rings is 2. The van der Waals surface area contributed by atoms with Crippen molar-refractivity contribution in [2.45, 2.75) is 0 Å². The minimum absolute atomic E-state index is 0.00474. The second kappa shape index (κ2) is 10.1. The zero-order valence-electron chi connectivity index (χ0n) is 16.7. The van der Waals surface area contributed by atoms with Gasteiger partial charge in [0.05, 0.1) is 49.8 Å². The van der Waals surface area contributed by atoms with Crippen LogP contribution in [0.15, 0.2) is 57.1 Å². The highest BCUT2D eigenvalue weighted by atomic mass is 79.9. The molecule has 0 fully saturated rings. The number of oxime groups is 1. The van der Waals surface area contributed by atoms with E-state index in [0.717, 1.165) is 26.6 Å². The molecule has 4 rings (SSSR count). The first-order chi connectivity index (χ1) is 15.2. The van der Waals surface area contributed by atoms with Crippen LogP contribution in [0.3, 0.4) is 0 Å². The number of hydrogen-bond donors (Lipinski definition) is 3. The molecule has 0 saturated heterocycles. The lowest BCUT2D eigenvalue weighted by Gasteiger charge is -2.06. The van der Waals surface area contributed by atoms with Gasteiger partial charge < -0.3 is 29.5 Å². The first-order valence-corrected chi connectivity index (χ1v) is 10.6. The van der Waals surface area contributed by atoms with E-state index in [9.17, 15) is 5.11 Å². The Morgan fingerprint density at radius 3 is 2.61 bits per heavy atom. The van der Waals surface area contributed by atoms with E-state index in [2.05, 4.69) is 26.1 Å². The van der Waals surface area contributed by atoms with Crippen LogP contribution in [0.4, 0.5) is 5.69 Å². The summed E-state index contributed by atoms with van der Waals surface area (Å²) in [5.41, 5.74) is 4.08. The van der Waals surface area contributed by atoms with Gasteiger partial charge in [0, 0.05) is 15.4 Å². The van der Waals surface area contributed by atoms with E-state index in [4.69, 9.17) is 24.4 Å². The Hall–Kier alpha value is -2.72. The summed E-state index contributed by atoms with van der Waals surface area (Å²) < 4.78 is 11.5. The molecular formula is C22H22BrN3O5. The topological polar surface area (TPSA) is 109 Å². The monoisotopic (exact) mass is 487 g/mol. The molecule has 3 N–H and O–H groups in total. The molecule has 0 saturated carbocycles. The third-order valence-electron chi connectivity index (χ3n) is 4.68. The zero-order valence-corrected chi connectivity index (χ0v) is 18.3. The van der Waals surface area contributed by atoms with Crippen LogP contribution < -0.4 is 0 Å². The largest absolute Gasteiger partial charge is 0.494 e. The van der Waals surface area contributed by atoms with Gasteiger partial charge in [-0.2, -0.15) is 0 Å². The van der Waals surface area contributed by atoms with Crippen molar-refractivity contribution < 1.29 is 24.5 Å². The van der Waals surface area contributed by atoms with Crippen LogP contribution in [0.2, 0.25) is 0 Å². The number of aromatic nitrogens is 1. The van der Waals surface area contributed by atoms with Crippen molar-refractivity contribution in [2.75, 3.05) is 39.6 Å². The molecule has 0 radical (unpaired) electrons. The van der Waals surface area contributed by atoms with Crippen molar-refractivity contribution in [3.8, 4) is 5.88 Å². The van der Waals surface area contributed by atoms with Gasteiger partial charge in [-0.25, -0.2) is 4.99 Å². The van der Waals surface area contributed by atoms with Crippen LogP contribution in [-0.2, 0) is 14.3 Å². The molecule has 0 amide bonds. The molecule has 2 heterocycles. The van der Waals surface area contributed by atoms with Gasteiger partial charge in [-0.15, -0.1) is 0 Å². The number of nitrogens with zero attached hydrogens (tertiary/aromatic N) is 2. The molecule has 2 aromatic carbocycles. The van der Waals surface area contributed by atoms with E-state index in [1.165, 1.54) is 0 Å². The lowest BCUT2D eigenvalue weighted by Crippen LogP contribution is -2.14. The lowest BCUT2D eigenvalue weighted by molar-refractivity contribution is 0.00882. The average molecular weight is 488 g/mol. The highest BCUT2D eigenvalue weighted by molar-refractivity contribution is 9.10. The summed E-state index contributed by atoms with van der Waals surface area (Å²) in [6, 6.07) is 13.4. The van der Waals surface area contributed by atoms with Gasteiger partial charge in [0.25, 0.3) is 0 Å². The first-order valence-electron chi connectivity index (χ1n) is 9.84. The molecule has 31 heavy (non-hydrogen) atoms. The second-order valence-corrected chi connectivity index (χ2v) is 7.65. The number of H-pyrrole nitrogens is 1. The molecule has 8 nitrogen and oxygen atoms in total. The van der Waals surface area contributed by atoms with Crippen LogP contribution in [0, 0.1) is 0 Å². The van der Waals surface area contributed by atoms with Crippen molar-refractivity contribution >= 4 is 43.9 Å². The summed E-state index contributed by atoms with van der Waals surface area (Å²) in [5.74, 6) is 0.0265. The maximum absolute atomic E-state index is 10.6. The third kappa shape index (κ3) is 4.80. The average Bonchev–Trinajstić information content (AvgIpc) is 3.28. The minimum atomic E-state index is -0.00474. The Morgan fingerprint density at radius 2 is 1.77 bits per heavy atom. The molecule has 162 valence electrons. The number of aromatic hydroxyl groups is 1. The van der Waals surface area contributed by atoms with Gasteiger partial charge in [-0.05, 0) is 18.2 Å². The summed E-state index contributed by atoms with van der Waals surface area (Å²) in [6.45, 7) is 1.72.